The third kappa shape index (κ3) is 2.55. The van der Waals surface area contributed by atoms with E-state index in [1.54, 1.807) is 6.07 Å². The molecular weight excluding hydrogens is 281 g/mol. The highest BCUT2D eigenvalue weighted by atomic mass is 35.5. The molecule has 0 saturated heterocycles. The minimum absolute atomic E-state index is 0.448. The van der Waals surface area contributed by atoms with Crippen molar-refractivity contribution in [3.8, 4) is 5.75 Å². The second-order valence-electron chi connectivity index (χ2n) is 4.22. The first-order valence-electron chi connectivity index (χ1n) is 5.87. The van der Waals surface area contributed by atoms with Gasteiger partial charge in [-0.25, -0.2) is 0 Å². The Balaban J connectivity index is 1.86. The van der Waals surface area contributed by atoms with Gasteiger partial charge in [-0.15, -0.1) is 0 Å². The molecule has 3 aromatic rings. The Morgan fingerprint density at radius 1 is 1.05 bits per heavy atom. The Morgan fingerprint density at radius 3 is 2.74 bits per heavy atom. The first-order chi connectivity index (χ1) is 9.24. The summed E-state index contributed by atoms with van der Waals surface area (Å²) in [5, 5.41) is 2.39. The standard InChI is InChI=1S/C15H11Cl2NO/c16-11-3-1-4-12(7-11)19-9-10-8-18-14-6-2-5-13(17)15(10)14/h1-8,18H,9H2. The van der Waals surface area contributed by atoms with E-state index >= 15 is 0 Å². The van der Waals surface area contributed by atoms with Crippen LogP contribution in [0.3, 0.4) is 0 Å². The van der Waals surface area contributed by atoms with Gasteiger partial charge in [0.2, 0.25) is 0 Å². The molecule has 96 valence electrons. The van der Waals surface area contributed by atoms with E-state index in [9.17, 15) is 0 Å². The molecule has 0 saturated carbocycles. The molecular formula is C15H11Cl2NO. The zero-order valence-corrected chi connectivity index (χ0v) is 11.5. The summed E-state index contributed by atoms with van der Waals surface area (Å²) in [6.45, 7) is 0.448. The summed E-state index contributed by atoms with van der Waals surface area (Å²) in [6.07, 6.45) is 1.92. The number of rotatable bonds is 3. The Hall–Kier alpha value is -1.64. The van der Waals surface area contributed by atoms with Crippen LogP contribution in [0.2, 0.25) is 10.0 Å². The SMILES string of the molecule is Clc1cccc(OCc2c[nH]c3cccc(Cl)c23)c1. The number of fused-ring (bicyclic) bond motifs is 1. The van der Waals surface area contributed by atoms with Gasteiger partial charge in [0.15, 0.2) is 0 Å². The number of nitrogens with one attached hydrogen (secondary N) is 1. The van der Waals surface area contributed by atoms with Crippen LogP contribution in [0.4, 0.5) is 0 Å². The van der Waals surface area contributed by atoms with Crippen molar-refractivity contribution >= 4 is 34.1 Å². The molecule has 2 aromatic carbocycles. The largest absolute Gasteiger partial charge is 0.489 e. The monoisotopic (exact) mass is 291 g/mol. The highest BCUT2D eigenvalue weighted by molar-refractivity contribution is 6.35. The molecule has 0 spiro atoms. The summed E-state index contributed by atoms with van der Waals surface area (Å²) >= 11 is 12.1. The van der Waals surface area contributed by atoms with Crippen LogP contribution in [0.1, 0.15) is 5.56 Å². The van der Waals surface area contributed by atoms with Gasteiger partial charge in [-0.1, -0.05) is 35.3 Å². The maximum atomic E-state index is 6.21. The van der Waals surface area contributed by atoms with Gasteiger partial charge in [0.25, 0.3) is 0 Å². The molecule has 0 radical (unpaired) electrons. The molecule has 3 rings (SSSR count). The molecule has 0 aliphatic heterocycles. The zero-order chi connectivity index (χ0) is 13.2. The van der Waals surface area contributed by atoms with Crippen LogP contribution in [0.15, 0.2) is 48.7 Å². The Kier molecular flexibility index (Phi) is 3.36. The summed E-state index contributed by atoms with van der Waals surface area (Å²) in [4.78, 5) is 3.19. The molecule has 1 aromatic heterocycles. The van der Waals surface area contributed by atoms with Crippen LogP contribution in [-0.4, -0.2) is 4.98 Å². The number of benzene rings is 2. The molecule has 1 N–H and O–H groups in total. The number of ether oxygens (including phenoxy) is 1. The molecule has 0 atom stereocenters. The van der Waals surface area contributed by atoms with E-state index in [1.165, 1.54) is 0 Å². The summed E-state index contributed by atoms with van der Waals surface area (Å²) in [6, 6.07) is 13.1. The van der Waals surface area contributed by atoms with Gasteiger partial charge >= 0.3 is 0 Å². The number of aromatic amines is 1. The van der Waals surface area contributed by atoms with E-state index in [0.717, 1.165) is 27.2 Å². The topological polar surface area (TPSA) is 25.0 Å². The zero-order valence-electron chi connectivity index (χ0n) is 9.99. The molecule has 19 heavy (non-hydrogen) atoms. The van der Waals surface area contributed by atoms with Crippen molar-refractivity contribution in [2.24, 2.45) is 0 Å². The van der Waals surface area contributed by atoms with Crippen molar-refractivity contribution < 1.29 is 4.74 Å². The molecule has 0 aliphatic rings. The van der Waals surface area contributed by atoms with Gasteiger partial charge < -0.3 is 9.72 Å². The van der Waals surface area contributed by atoms with Crippen LogP contribution in [0.25, 0.3) is 10.9 Å². The molecule has 0 amide bonds. The Labute approximate surface area is 120 Å². The summed E-state index contributed by atoms with van der Waals surface area (Å²) < 4.78 is 5.73. The minimum atomic E-state index is 0.448. The third-order valence-electron chi connectivity index (χ3n) is 2.93. The van der Waals surface area contributed by atoms with E-state index in [2.05, 4.69) is 4.98 Å². The fourth-order valence-electron chi connectivity index (χ4n) is 2.04. The maximum Gasteiger partial charge on any atom is 0.121 e. The number of halogens is 2. The van der Waals surface area contributed by atoms with E-state index in [-0.39, 0.29) is 0 Å². The Morgan fingerprint density at radius 2 is 1.89 bits per heavy atom. The molecule has 0 unspecified atom stereocenters. The average molecular weight is 292 g/mol. The number of H-pyrrole nitrogens is 1. The van der Waals surface area contributed by atoms with Crippen molar-refractivity contribution in [1.82, 2.24) is 4.98 Å². The molecule has 0 aliphatic carbocycles. The maximum absolute atomic E-state index is 6.21. The first-order valence-corrected chi connectivity index (χ1v) is 6.62. The van der Waals surface area contributed by atoms with E-state index in [1.807, 2.05) is 42.6 Å². The van der Waals surface area contributed by atoms with Crippen LogP contribution in [0.5, 0.6) is 5.75 Å². The summed E-state index contributed by atoms with van der Waals surface area (Å²) in [5.74, 6) is 0.744. The number of hydrogen-bond acceptors (Lipinski definition) is 1. The number of aromatic nitrogens is 1. The fourth-order valence-corrected chi connectivity index (χ4v) is 2.52. The average Bonchev–Trinajstić information content (AvgIpc) is 2.81. The second-order valence-corrected chi connectivity index (χ2v) is 5.07. The lowest BCUT2D eigenvalue weighted by Crippen LogP contribution is -1.94. The number of hydrogen-bond donors (Lipinski definition) is 1. The van der Waals surface area contributed by atoms with Gasteiger partial charge in [-0.3, -0.25) is 0 Å². The van der Waals surface area contributed by atoms with Crippen molar-refractivity contribution in [2.75, 3.05) is 0 Å². The minimum Gasteiger partial charge on any atom is -0.489 e. The second kappa shape index (κ2) is 5.16. The summed E-state index contributed by atoms with van der Waals surface area (Å²) in [5.41, 5.74) is 2.04. The smallest absolute Gasteiger partial charge is 0.121 e. The van der Waals surface area contributed by atoms with Gasteiger partial charge in [-0.2, -0.15) is 0 Å². The lowest BCUT2D eigenvalue weighted by molar-refractivity contribution is 0.307. The lowest BCUT2D eigenvalue weighted by atomic mass is 10.2. The van der Waals surface area contributed by atoms with Crippen molar-refractivity contribution in [2.45, 2.75) is 6.61 Å². The Bertz CT molecular complexity index is 721. The van der Waals surface area contributed by atoms with E-state index < -0.39 is 0 Å². The van der Waals surface area contributed by atoms with Crippen molar-refractivity contribution in [3.63, 3.8) is 0 Å². The molecule has 0 bridgehead atoms. The lowest BCUT2D eigenvalue weighted by Gasteiger charge is -2.06. The van der Waals surface area contributed by atoms with E-state index in [0.29, 0.717) is 11.6 Å². The highest BCUT2D eigenvalue weighted by Gasteiger charge is 2.07. The molecule has 2 nitrogen and oxygen atoms in total. The molecule has 4 heteroatoms. The fraction of sp³-hybridized carbons (Fsp3) is 0.0667. The third-order valence-corrected chi connectivity index (χ3v) is 3.48. The summed E-state index contributed by atoms with van der Waals surface area (Å²) in [7, 11) is 0. The highest BCUT2D eigenvalue weighted by Crippen LogP contribution is 2.27. The normalized spacial score (nSPS) is 10.8. The van der Waals surface area contributed by atoms with Crippen LogP contribution < -0.4 is 4.74 Å². The van der Waals surface area contributed by atoms with Crippen molar-refractivity contribution in [1.29, 1.82) is 0 Å². The van der Waals surface area contributed by atoms with Gasteiger partial charge in [0.1, 0.15) is 12.4 Å². The predicted octanol–water partition coefficient (Wildman–Crippen LogP) is 5.05. The van der Waals surface area contributed by atoms with Crippen LogP contribution in [0, 0.1) is 0 Å². The van der Waals surface area contributed by atoms with Gasteiger partial charge in [-0.05, 0) is 30.3 Å². The predicted molar refractivity (Wildman–Crippen MR) is 79.1 cm³/mol. The molecule has 1 heterocycles. The van der Waals surface area contributed by atoms with Crippen molar-refractivity contribution in [3.05, 3.63) is 64.3 Å². The van der Waals surface area contributed by atoms with Crippen LogP contribution >= 0.6 is 23.2 Å². The van der Waals surface area contributed by atoms with Gasteiger partial charge in [0.05, 0.1) is 5.02 Å². The van der Waals surface area contributed by atoms with Crippen LogP contribution in [-0.2, 0) is 6.61 Å². The molecule has 0 fully saturated rings. The first kappa shape index (κ1) is 12.4. The quantitative estimate of drug-likeness (QED) is 0.717. The van der Waals surface area contributed by atoms with Gasteiger partial charge in [0, 0.05) is 27.7 Å². The van der Waals surface area contributed by atoms with E-state index in [4.69, 9.17) is 27.9 Å².